The molecule has 0 N–H and O–H groups in total. The van der Waals surface area contributed by atoms with Crippen LogP contribution in [0.1, 0.15) is 13.0 Å². The van der Waals surface area contributed by atoms with Crippen molar-refractivity contribution >= 4 is 23.2 Å². The van der Waals surface area contributed by atoms with Crippen LogP contribution in [0.25, 0.3) is 11.1 Å². The standard InChI is InChI=1S/C19H18F2N4O3/c1-11-7-23(19(27)18(20)21)17-5-13(3-4-16(17)25(11)12(2)26)14-6-22-24(8-14)15-9-28-10-15/h3-6,8,15,18H,1,7,9-10H2,2H3. The number of fused-ring (bicyclic) bond motifs is 1. The minimum atomic E-state index is -3.16. The van der Waals surface area contributed by atoms with E-state index in [1.54, 1.807) is 29.1 Å². The highest BCUT2D eigenvalue weighted by molar-refractivity contribution is 6.07. The molecule has 0 bridgehead atoms. The van der Waals surface area contributed by atoms with Crippen molar-refractivity contribution < 1.29 is 23.1 Å². The molecule has 1 saturated heterocycles. The van der Waals surface area contributed by atoms with Gasteiger partial charge in [-0.25, -0.2) is 0 Å². The van der Waals surface area contributed by atoms with Crippen molar-refractivity contribution in [1.82, 2.24) is 9.78 Å². The molecule has 2 aromatic rings. The number of ether oxygens (including phenoxy) is 1. The van der Waals surface area contributed by atoms with Gasteiger partial charge in [-0.3, -0.25) is 24.1 Å². The number of aromatic nitrogens is 2. The van der Waals surface area contributed by atoms with Crippen molar-refractivity contribution in [2.75, 3.05) is 29.6 Å². The summed E-state index contributed by atoms with van der Waals surface area (Å²) in [7, 11) is 0. The maximum atomic E-state index is 13.1. The molecule has 0 aliphatic carbocycles. The second kappa shape index (κ2) is 6.83. The fourth-order valence-corrected chi connectivity index (χ4v) is 3.39. The Hall–Kier alpha value is -3.07. The summed E-state index contributed by atoms with van der Waals surface area (Å²) >= 11 is 0. The van der Waals surface area contributed by atoms with Gasteiger partial charge in [-0.2, -0.15) is 13.9 Å². The van der Waals surface area contributed by atoms with E-state index in [4.69, 9.17) is 4.74 Å². The van der Waals surface area contributed by atoms with Crippen molar-refractivity contribution in [3.05, 3.63) is 42.9 Å². The number of benzene rings is 1. The number of anilines is 2. The summed E-state index contributed by atoms with van der Waals surface area (Å²) in [5, 5.41) is 4.32. The summed E-state index contributed by atoms with van der Waals surface area (Å²) in [6, 6.07) is 5.19. The van der Waals surface area contributed by atoms with Gasteiger partial charge in [-0.15, -0.1) is 0 Å². The number of rotatable bonds is 3. The Morgan fingerprint density at radius 3 is 2.61 bits per heavy atom. The van der Waals surface area contributed by atoms with Gasteiger partial charge in [-0.05, 0) is 17.7 Å². The van der Waals surface area contributed by atoms with Crippen molar-refractivity contribution in [2.24, 2.45) is 0 Å². The molecule has 3 heterocycles. The number of hydrogen-bond acceptors (Lipinski definition) is 4. The molecule has 2 amide bonds. The second-order valence-corrected chi connectivity index (χ2v) is 6.75. The lowest BCUT2D eigenvalue weighted by Gasteiger charge is -2.37. The van der Waals surface area contributed by atoms with Crippen LogP contribution < -0.4 is 9.80 Å². The maximum absolute atomic E-state index is 13.1. The zero-order valence-electron chi connectivity index (χ0n) is 15.1. The van der Waals surface area contributed by atoms with Crippen LogP contribution in [-0.2, 0) is 14.3 Å². The molecule has 0 radical (unpaired) electrons. The maximum Gasteiger partial charge on any atom is 0.316 e. The number of hydrogen-bond donors (Lipinski definition) is 0. The summed E-state index contributed by atoms with van der Waals surface area (Å²) < 4.78 is 33.2. The van der Waals surface area contributed by atoms with E-state index >= 15 is 0 Å². The summed E-state index contributed by atoms with van der Waals surface area (Å²) in [6.45, 7) is 6.13. The van der Waals surface area contributed by atoms with Gasteiger partial charge in [-0.1, -0.05) is 12.6 Å². The van der Waals surface area contributed by atoms with Crippen LogP contribution in [0.2, 0.25) is 0 Å². The summed E-state index contributed by atoms with van der Waals surface area (Å²) in [4.78, 5) is 26.4. The fourth-order valence-electron chi connectivity index (χ4n) is 3.39. The lowest BCUT2D eigenvalue weighted by molar-refractivity contribution is -0.129. The van der Waals surface area contributed by atoms with Gasteiger partial charge in [0.2, 0.25) is 5.91 Å². The summed E-state index contributed by atoms with van der Waals surface area (Å²) in [5.41, 5.74) is 2.33. The molecule has 1 fully saturated rings. The third-order valence-electron chi connectivity index (χ3n) is 4.86. The lowest BCUT2D eigenvalue weighted by Crippen LogP contribution is -2.46. The van der Waals surface area contributed by atoms with Crippen LogP contribution in [0, 0.1) is 0 Å². The number of carbonyl (C=O) groups excluding carboxylic acids is 2. The number of halogens is 2. The van der Waals surface area contributed by atoms with Crippen LogP contribution in [0.3, 0.4) is 0 Å². The van der Waals surface area contributed by atoms with E-state index in [2.05, 4.69) is 11.7 Å². The normalized spacial score (nSPS) is 16.9. The smallest absolute Gasteiger partial charge is 0.316 e. The van der Waals surface area contributed by atoms with Gasteiger partial charge in [0.25, 0.3) is 5.91 Å². The monoisotopic (exact) mass is 388 g/mol. The molecule has 146 valence electrons. The Balaban J connectivity index is 1.77. The first-order valence-corrected chi connectivity index (χ1v) is 8.71. The van der Waals surface area contributed by atoms with E-state index in [0.717, 1.165) is 10.5 Å². The minimum absolute atomic E-state index is 0.180. The van der Waals surface area contributed by atoms with E-state index < -0.39 is 12.3 Å². The molecule has 1 aromatic heterocycles. The Kier molecular flexibility index (Phi) is 4.46. The lowest BCUT2D eigenvalue weighted by atomic mass is 10.0. The van der Waals surface area contributed by atoms with Gasteiger partial charge in [0.15, 0.2) is 0 Å². The van der Waals surface area contributed by atoms with Gasteiger partial charge in [0.1, 0.15) is 0 Å². The number of alkyl halides is 2. The zero-order valence-corrected chi connectivity index (χ0v) is 15.1. The highest BCUT2D eigenvalue weighted by Gasteiger charge is 2.35. The molecule has 0 spiro atoms. The van der Waals surface area contributed by atoms with Crippen LogP contribution in [-0.4, -0.2) is 47.8 Å². The Labute approximate surface area is 159 Å². The summed E-state index contributed by atoms with van der Waals surface area (Å²) in [6.07, 6.45) is 0.359. The van der Waals surface area contributed by atoms with E-state index in [9.17, 15) is 18.4 Å². The topological polar surface area (TPSA) is 67.7 Å². The first kappa shape index (κ1) is 18.3. The van der Waals surface area contributed by atoms with E-state index in [1.165, 1.54) is 11.8 Å². The van der Waals surface area contributed by atoms with E-state index in [0.29, 0.717) is 24.5 Å². The fraction of sp³-hybridized carbons (Fsp3) is 0.316. The SMILES string of the molecule is C=C1CN(C(=O)C(F)F)c2cc(-c3cnn(C4COC4)c3)ccc2N1C(C)=O. The van der Waals surface area contributed by atoms with Crippen LogP contribution in [0.5, 0.6) is 0 Å². The molecule has 1 aromatic carbocycles. The first-order chi connectivity index (χ1) is 13.4. The van der Waals surface area contributed by atoms with Gasteiger partial charge in [0.05, 0.1) is 43.4 Å². The molecule has 2 aliphatic heterocycles. The van der Waals surface area contributed by atoms with Gasteiger partial charge < -0.3 is 4.74 Å². The van der Waals surface area contributed by atoms with E-state index in [-0.39, 0.29) is 29.9 Å². The molecule has 4 rings (SSSR count). The third-order valence-corrected chi connectivity index (χ3v) is 4.86. The highest BCUT2D eigenvalue weighted by Crippen LogP contribution is 2.40. The third kappa shape index (κ3) is 2.97. The van der Waals surface area contributed by atoms with E-state index in [1.807, 2.05) is 6.20 Å². The molecule has 0 saturated carbocycles. The van der Waals surface area contributed by atoms with Crippen LogP contribution in [0.4, 0.5) is 20.2 Å². The van der Waals surface area contributed by atoms with Crippen molar-refractivity contribution in [1.29, 1.82) is 0 Å². The predicted molar refractivity (Wildman–Crippen MR) is 98.2 cm³/mol. The van der Waals surface area contributed by atoms with Gasteiger partial charge >= 0.3 is 6.43 Å². The van der Waals surface area contributed by atoms with Crippen LogP contribution in [0.15, 0.2) is 42.9 Å². The zero-order chi connectivity index (χ0) is 20.0. The Morgan fingerprint density at radius 1 is 1.25 bits per heavy atom. The average molecular weight is 388 g/mol. The summed E-state index contributed by atoms with van der Waals surface area (Å²) in [5.74, 6) is -1.63. The second-order valence-electron chi connectivity index (χ2n) is 6.75. The molecule has 7 nitrogen and oxygen atoms in total. The number of carbonyl (C=O) groups is 2. The molecule has 0 unspecified atom stereocenters. The highest BCUT2D eigenvalue weighted by atomic mass is 19.3. The average Bonchev–Trinajstić information content (AvgIpc) is 3.07. The van der Waals surface area contributed by atoms with Crippen molar-refractivity contribution in [3.63, 3.8) is 0 Å². The molecular formula is C19H18F2N4O3. The predicted octanol–water partition coefficient (Wildman–Crippen LogP) is 2.60. The van der Waals surface area contributed by atoms with Gasteiger partial charge in [0, 0.05) is 24.4 Å². The van der Waals surface area contributed by atoms with Crippen molar-refractivity contribution in [2.45, 2.75) is 19.4 Å². The number of nitrogens with zero attached hydrogens (tertiary/aromatic N) is 4. The molecule has 0 atom stereocenters. The first-order valence-electron chi connectivity index (χ1n) is 8.71. The molecule has 28 heavy (non-hydrogen) atoms. The Bertz CT molecular complexity index is 968. The Morgan fingerprint density at radius 2 is 2.00 bits per heavy atom. The molecular weight excluding hydrogens is 370 g/mol. The number of amides is 2. The minimum Gasteiger partial charge on any atom is -0.377 e. The van der Waals surface area contributed by atoms with Crippen molar-refractivity contribution in [3.8, 4) is 11.1 Å². The largest absolute Gasteiger partial charge is 0.377 e. The molecule has 2 aliphatic rings. The molecule has 9 heteroatoms. The quantitative estimate of drug-likeness (QED) is 0.811. The van der Waals surface area contributed by atoms with Crippen LogP contribution >= 0.6 is 0 Å².